The first-order chi connectivity index (χ1) is 41.9. The Bertz CT molecular complexity index is 1400. The van der Waals surface area contributed by atoms with Crippen molar-refractivity contribution in [2.75, 3.05) is 236 Å². The minimum absolute atomic E-state index is 0.833. The van der Waals surface area contributed by atoms with Crippen LogP contribution in [-0.4, -0.2) is 285 Å². The number of nitrogens with zero attached hydrogens (tertiary/aromatic N) is 10. The number of hydrogen-bond acceptors (Lipinski definition) is 13. The summed E-state index contributed by atoms with van der Waals surface area (Å²) in [5.41, 5.74) is 0. The fourth-order valence-electron chi connectivity index (χ4n) is 12.8. The van der Waals surface area contributed by atoms with E-state index in [1.807, 2.05) is 20.5 Å². The van der Waals surface area contributed by atoms with Crippen molar-refractivity contribution in [1.82, 2.24) is 59.6 Å². The molecule has 0 aromatic heterocycles. The van der Waals surface area contributed by atoms with Crippen LogP contribution in [0, 0.1) is 11.8 Å². The molecule has 6 aliphatic heterocycles. The molecular formula is C72H154N12OP+. The highest BCUT2D eigenvalue weighted by Gasteiger charge is 2.21. The largest absolute Gasteiger partial charge is 0.336 e. The van der Waals surface area contributed by atoms with E-state index in [-0.39, 0.29) is 0 Å². The van der Waals surface area contributed by atoms with Crippen molar-refractivity contribution in [3.63, 3.8) is 0 Å². The second-order valence-electron chi connectivity index (χ2n) is 28.4. The average Bonchev–Trinajstić information content (AvgIpc) is 3.57. The predicted octanol–water partition coefficient (Wildman–Crippen LogP) is 12.8. The molecule has 0 spiro atoms. The van der Waals surface area contributed by atoms with Gasteiger partial charge in [0.25, 0.3) is 0 Å². The minimum atomic E-state index is -0.970. The summed E-state index contributed by atoms with van der Waals surface area (Å²) >= 11 is 0. The van der Waals surface area contributed by atoms with Gasteiger partial charge in [-0.1, -0.05) is 176 Å². The van der Waals surface area contributed by atoms with Crippen LogP contribution >= 0.6 is 7.80 Å². The van der Waals surface area contributed by atoms with E-state index in [2.05, 4.69) is 108 Å². The molecule has 1 atom stereocenters. The Morgan fingerprint density at radius 1 is 0.267 bits per heavy atom. The van der Waals surface area contributed by atoms with E-state index in [9.17, 15) is 4.57 Å². The van der Waals surface area contributed by atoms with Crippen LogP contribution in [0.25, 0.3) is 0 Å². The summed E-state index contributed by atoms with van der Waals surface area (Å²) < 4.78 is 11.2. The van der Waals surface area contributed by atoms with Gasteiger partial charge in [0.05, 0.1) is 0 Å². The number of unbranched alkanes of at least 4 members (excludes halogenated alkanes) is 22. The molecule has 6 rings (SSSR count). The zero-order valence-electron chi connectivity index (χ0n) is 59.9. The summed E-state index contributed by atoms with van der Waals surface area (Å²) in [5.74, 6) is 1.67. The maximum absolute atomic E-state index is 11.2. The van der Waals surface area contributed by atoms with E-state index in [4.69, 9.17) is 0 Å². The van der Waals surface area contributed by atoms with Crippen LogP contribution < -0.4 is 10.6 Å². The Morgan fingerprint density at radius 3 is 0.616 bits per heavy atom. The van der Waals surface area contributed by atoms with Gasteiger partial charge in [-0.15, -0.1) is 0 Å². The lowest BCUT2D eigenvalue weighted by atomic mass is 10.1. The predicted molar refractivity (Wildman–Crippen MR) is 382 cm³/mol. The molecule has 0 aromatic rings. The molecule has 86 heavy (non-hydrogen) atoms. The normalized spacial score (nSPS) is 20.0. The summed E-state index contributed by atoms with van der Waals surface area (Å²) in [6, 6.07) is 0. The smallest absolute Gasteiger partial charge is 0.314 e. The van der Waals surface area contributed by atoms with E-state index in [0.717, 1.165) is 37.6 Å². The Balaban J connectivity index is 0.000000570. The molecular weight excluding hydrogens is 1080 g/mol. The summed E-state index contributed by atoms with van der Waals surface area (Å²) in [6.45, 7) is 60.3. The van der Waals surface area contributed by atoms with E-state index in [0.29, 0.717) is 0 Å². The van der Waals surface area contributed by atoms with E-state index < -0.39 is 7.80 Å². The molecule has 6 fully saturated rings. The highest BCUT2D eigenvalue weighted by atomic mass is 31.1. The lowest BCUT2D eigenvalue weighted by Gasteiger charge is -2.36. The SMILES string of the molecule is CC.CC(C)C.CC(C)C.CN1CCN(CCCCCCCCCCN2CCN(CCCCN3CCN(CCCCCCCCCCN4CCNCC4)CC3)CC2)CC1.C[P+](=O)CCN1CCN(CCCCCCCCCCN2CCNCC2)CC1. The quantitative estimate of drug-likeness (QED) is 0.0451. The number of likely N-dealkylation sites (N-methyl/N-ethyl adjacent to an activating group) is 1. The number of hydrogen-bond donors (Lipinski definition) is 2. The molecule has 0 amide bonds. The summed E-state index contributed by atoms with van der Waals surface area (Å²) in [6.07, 6.45) is 37.9. The molecule has 6 aliphatic rings. The maximum atomic E-state index is 11.2. The lowest BCUT2D eigenvalue weighted by molar-refractivity contribution is 0.118. The number of nitrogens with one attached hydrogen (secondary N) is 2. The van der Waals surface area contributed by atoms with E-state index in [1.54, 1.807) is 0 Å². The van der Waals surface area contributed by atoms with Crippen molar-refractivity contribution >= 4 is 7.80 Å². The van der Waals surface area contributed by atoms with Gasteiger partial charge >= 0.3 is 7.80 Å². The van der Waals surface area contributed by atoms with Crippen LogP contribution in [0.2, 0.25) is 0 Å². The van der Waals surface area contributed by atoms with Gasteiger partial charge in [0.2, 0.25) is 0 Å². The van der Waals surface area contributed by atoms with Gasteiger partial charge in [-0.05, 0) is 123 Å². The topological polar surface area (TPSA) is 73.5 Å². The molecule has 14 heteroatoms. The van der Waals surface area contributed by atoms with Crippen LogP contribution in [0.3, 0.4) is 0 Å². The Hall–Kier alpha value is -0.380. The third-order valence-electron chi connectivity index (χ3n) is 18.4. The summed E-state index contributed by atoms with van der Waals surface area (Å²) in [5, 5.41) is 6.88. The molecule has 2 N–H and O–H groups in total. The Kier molecular flexibility index (Phi) is 55.5. The first-order valence-corrected chi connectivity index (χ1v) is 39.8. The lowest BCUT2D eigenvalue weighted by Crippen LogP contribution is -2.47. The van der Waals surface area contributed by atoms with Crippen molar-refractivity contribution in [2.24, 2.45) is 11.8 Å². The van der Waals surface area contributed by atoms with Crippen LogP contribution in [0.5, 0.6) is 0 Å². The highest BCUT2D eigenvalue weighted by Crippen LogP contribution is 2.17. The van der Waals surface area contributed by atoms with Gasteiger partial charge in [-0.2, -0.15) is 0 Å². The maximum Gasteiger partial charge on any atom is 0.336 e. The van der Waals surface area contributed by atoms with Crippen LogP contribution in [0.15, 0.2) is 0 Å². The van der Waals surface area contributed by atoms with Crippen molar-refractivity contribution in [3.8, 4) is 0 Å². The molecule has 0 aliphatic carbocycles. The monoisotopic (exact) mass is 1230 g/mol. The van der Waals surface area contributed by atoms with Crippen LogP contribution in [-0.2, 0) is 4.57 Å². The van der Waals surface area contributed by atoms with Gasteiger partial charge in [-0.3, -0.25) is 4.90 Å². The molecule has 0 saturated carbocycles. The van der Waals surface area contributed by atoms with Crippen molar-refractivity contribution in [1.29, 1.82) is 0 Å². The van der Waals surface area contributed by atoms with Gasteiger partial charge in [0.1, 0.15) is 6.66 Å². The molecule has 6 saturated heterocycles. The molecule has 13 nitrogen and oxygen atoms in total. The molecule has 1 unspecified atom stereocenters. The standard InChI is InChI=1S/C41H84N8.C21H44N4OP.2C4H10.C2H6/c1-43-30-32-45(33-31-43)23-15-11-7-4-5-9-13-17-25-47-36-40-49(41-37-47)27-19-18-26-48-38-34-46(35-39-48)24-16-12-8-3-2-6-10-14-22-44-28-20-42-21-29-44;1-27(26)21-20-25-18-16-24(17-19-25)13-9-7-5-3-2-4-6-8-12-23-14-10-22-11-15-23;2*1-4(2)3;1-2/h42H,2-41H2,1H3;22H,2-21H2,1H3;2*4H,1-3H3;1-2H3/q;+1;;;. The zero-order chi connectivity index (χ0) is 62.3. The van der Waals surface area contributed by atoms with Crippen LogP contribution in [0.4, 0.5) is 0 Å². The molecule has 0 aromatic carbocycles. The Labute approximate surface area is 539 Å². The van der Waals surface area contributed by atoms with Gasteiger partial charge < -0.3 is 54.7 Å². The molecule has 6 heterocycles. The second-order valence-corrected chi connectivity index (χ2v) is 30.1. The fraction of sp³-hybridized carbons (Fsp3) is 1.00. The van der Waals surface area contributed by atoms with Crippen molar-refractivity contribution in [3.05, 3.63) is 0 Å². The van der Waals surface area contributed by atoms with Crippen molar-refractivity contribution < 1.29 is 4.57 Å². The van der Waals surface area contributed by atoms with E-state index >= 15 is 0 Å². The van der Waals surface area contributed by atoms with Crippen molar-refractivity contribution in [2.45, 2.75) is 222 Å². The van der Waals surface area contributed by atoms with Gasteiger partial charge in [-0.25, -0.2) is 0 Å². The zero-order valence-corrected chi connectivity index (χ0v) is 60.8. The van der Waals surface area contributed by atoms with Gasteiger partial charge in [0, 0.05) is 164 Å². The highest BCUT2D eigenvalue weighted by molar-refractivity contribution is 7.43. The molecule has 512 valence electrons. The van der Waals surface area contributed by atoms with Gasteiger partial charge in [0.15, 0.2) is 6.16 Å². The third-order valence-corrected chi connectivity index (χ3v) is 19.3. The minimum Gasteiger partial charge on any atom is -0.314 e. The summed E-state index contributed by atoms with van der Waals surface area (Å²) in [4.78, 5) is 26.5. The second kappa shape index (κ2) is 58.4. The van der Waals surface area contributed by atoms with E-state index in [1.165, 1.54) is 363 Å². The average molecular weight is 1240 g/mol. The summed E-state index contributed by atoms with van der Waals surface area (Å²) in [7, 11) is 1.28. The van der Waals surface area contributed by atoms with Crippen LogP contribution in [0.1, 0.15) is 222 Å². The first kappa shape index (κ1) is 81.7. The molecule has 0 bridgehead atoms. The third kappa shape index (κ3) is 50.2. The molecule has 0 radical (unpaired) electrons. The number of rotatable bonds is 41. The fourth-order valence-corrected chi connectivity index (χ4v) is 13.4. The first-order valence-electron chi connectivity index (χ1n) is 37.9. The Morgan fingerprint density at radius 2 is 0.419 bits per heavy atom. The number of piperazine rings is 6.